The number of nitrogens with zero attached hydrogens (tertiary/aromatic N) is 3. The van der Waals surface area contributed by atoms with Gasteiger partial charge in [-0.25, -0.2) is 4.79 Å². The van der Waals surface area contributed by atoms with Crippen molar-refractivity contribution in [1.29, 1.82) is 0 Å². The lowest BCUT2D eigenvalue weighted by Gasteiger charge is -2.32. The van der Waals surface area contributed by atoms with E-state index < -0.39 is 32.4 Å². The Balaban J connectivity index is 1.76. The number of carbonyl (C=O) groups is 1. The number of hydrogen-bond acceptors (Lipinski definition) is 6. The quantitative estimate of drug-likeness (QED) is 0.336. The van der Waals surface area contributed by atoms with Gasteiger partial charge in [-0.2, -0.15) is 0 Å². The molecule has 0 spiro atoms. The van der Waals surface area contributed by atoms with Crippen LogP contribution in [0, 0.1) is 0 Å². The van der Waals surface area contributed by atoms with E-state index in [1.807, 2.05) is 58.0 Å². The topological polar surface area (TPSA) is 90.2 Å². The standard InChI is InChI=1S/C25H34BN3O5Si/c1-24(2)25(3,4)34-26(33-24)18-8-9-21-20(16-18)22(23(30)31)28-29(21,19-10-12-27-13-11-19)17-32-14-15-35(5,6)7/h8-13,16H,14-15,17H2,1-7H3/p+1. The lowest BCUT2D eigenvalue weighted by Crippen LogP contribution is -2.41. The number of pyridine rings is 1. The summed E-state index contributed by atoms with van der Waals surface area (Å²) in [6, 6.07) is 10.4. The number of aliphatic carboxylic acids is 1. The summed E-state index contributed by atoms with van der Waals surface area (Å²) in [6.45, 7) is 15.7. The van der Waals surface area contributed by atoms with Gasteiger partial charge in [0.15, 0.2) is 11.4 Å². The van der Waals surface area contributed by atoms with E-state index in [9.17, 15) is 9.90 Å². The van der Waals surface area contributed by atoms with Crippen LogP contribution in [0.2, 0.25) is 25.7 Å². The van der Waals surface area contributed by atoms with Crippen molar-refractivity contribution < 1.29 is 23.9 Å². The van der Waals surface area contributed by atoms with E-state index >= 15 is 0 Å². The summed E-state index contributed by atoms with van der Waals surface area (Å²) < 4.78 is 18.5. The summed E-state index contributed by atoms with van der Waals surface area (Å²) in [7, 11) is -1.89. The van der Waals surface area contributed by atoms with Crippen molar-refractivity contribution in [3.05, 3.63) is 48.3 Å². The zero-order valence-electron chi connectivity index (χ0n) is 21.7. The Morgan fingerprint density at radius 3 is 2.29 bits per heavy atom. The Bertz CT molecular complexity index is 1130. The number of aromatic nitrogens is 1. The largest absolute Gasteiger partial charge is 0.494 e. The smallest absolute Gasteiger partial charge is 0.476 e. The van der Waals surface area contributed by atoms with Crippen molar-refractivity contribution in [2.45, 2.75) is 64.6 Å². The lowest BCUT2D eigenvalue weighted by molar-refractivity contribution is -0.129. The van der Waals surface area contributed by atoms with Gasteiger partial charge in [0, 0.05) is 38.7 Å². The summed E-state index contributed by atoms with van der Waals surface area (Å²) >= 11 is 0. The van der Waals surface area contributed by atoms with Gasteiger partial charge in [-0.3, -0.25) is 4.98 Å². The molecule has 2 aromatic rings. The van der Waals surface area contributed by atoms with Crippen LogP contribution in [0.1, 0.15) is 33.3 Å². The van der Waals surface area contributed by atoms with Gasteiger partial charge in [-0.05, 0) is 45.3 Å². The minimum absolute atomic E-state index is 0.0102. The van der Waals surface area contributed by atoms with Crippen LogP contribution in [0.15, 0.2) is 47.8 Å². The first-order valence-corrected chi connectivity index (χ1v) is 15.7. The van der Waals surface area contributed by atoms with Crippen LogP contribution >= 0.6 is 0 Å². The van der Waals surface area contributed by atoms with Crippen LogP contribution in [0.3, 0.4) is 0 Å². The highest BCUT2D eigenvalue weighted by Crippen LogP contribution is 2.43. The minimum Gasteiger partial charge on any atom is -0.476 e. The Hall–Kier alpha value is -2.37. The zero-order chi connectivity index (χ0) is 25.6. The Labute approximate surface area is 208 Å². The van der Waals surface area contributed by atoms with Crippen LogP contribution in [0.5, 0.6) is 0 Å². The Morgan fingerprint density at radius 1 is 1.09 bits per heavy atom. The maximum absolute atomic E-state index is 12.3. The number of hydrogen-bond donors (Lipinski definition) is 1. The van der Waals surface area contributed by atoms with E-state index in [1.165, 1.54) is 0 Å². The lowest BCUT2D eigenvalue weighted by atomic mass is 9.78. The van der Waals surface area contributed by atoms with E-state index in [4.69, 9.17) is 19.1 Å². The first-order valence-electron chi connectivity index (χ1n) is 12.0. The fourth-order valence-corrected chi connectivity index (χ4v) is 4.92. The molecule has 0 saturated carbocycles. The molecule has 1 unspecified atom stereocenters. The average Bonchev–Trinajstić information content (AvgIpc) is 3.22. The van der Waals surface area contributed by atoms with Crippen molar-refractivity contribution >= 4 is 43.7 Å². The normalized spacial score (nSPS) is 22.7. The molecule has 0 amide bonds. The number of quaternary nitrogens is 1. The molecule has 2 aliphatic rings. The first kappa shape index (κ1) is 25.7. The highest BCUT2D eigenvalue weighted by Gasteiger charge is 2.53. The van der Waals surface area contributed by atoms with Gasteiger partial charge in [0.1, 0.15) is 0 Å². The Kier molecular flexibility index (Phi) is 6.57. The highest BCUT2D eigenvalue weighted by atomic mass is 28.3. The molecule has 35 heavy (non-hydrogen) atoms. The SMILES string of the molecule is CC1(C)OB(c2ccc3c(c2)C(C(=O)O)=N[N+]3(COCC[Si](C)(C)C)c2ccncc2)OC1(C)C. The predicted molar refractivity (Wildman–Crippen MR) is 141 cm³/mol. The second kappa shape index (κ2) is 8.94. The number of rotatable bonds is 8. The van der Waals surface area contributed by atoms with Crippen LogP contribution < -0.4 is 10.1 Å². The van der Waals surface area contributed by atoms with Gasteiger partial charge in [0.2, 0.25) is 12.4 Å². The van der Waals surface area contributed by atoms with Gasteiger partial charge in [-0.1, -0.05) is 30.8 Å². The summed E-state index contributed by atoms with van der Waals surface area (Å²) in [5, 5.41) is 14.8. The van der Waals surface area contributed by atoms with Crippen molar-refractivity contribution in [2.24, 2.45) is 5.10 Å². The van der Waals surface area contributed by atoms with E-state index in [0.717, 1.165) is 22.9 Å². The fourth-order valence-electron chi connectivity index (χ4n) is 4.16. The molecule has 1 fully saturated rings. The molecule has 2 aliphatic heterocycles. The molecule has 10 heteroatoms. The summed E-state index contributed by atoms with van der Waals surface area (Å²) in [4.78, 5) is 16.5. The number of fused-ring (bicyclic) bond motifs is 1. The third-order valence-electron chi connectivity index (χ3n) is 7.04. The van der Waals surface area contributed by atoms with Crippen LogP contribution in [-0.4, -0.2) is 61.5 Å². The molecule has 1 N–H and O–H groups in total. The molecule has 1 aromatic carbocycles. The maximum atomic E-state index is 12.3. The summed E-state index contributed by atoms with van der Waals surface area (Å²) in [6.07, 6.45) is 3.37. The van der Waals surface area contributed by atoms with E-state index in [0.29, 0.717) is 12.2 Å². The van der Waals surface area contributed by atoms with Crippen molar-refractivity contribution in [3.8, 4) is 0 Å². The summed E-state index contributed by atoms with van der Waals surface area (Å²) in [5.41, 5.74) is 1.81. The predicted octanol–water partition coefficient (Wildman–Crippen LogP) is 4.13. The number of carboxylic acids is 1. The second-order valence-electron chi connectivity index (χ2n) is 11.4. The van der Waals surface area contributed by atoms with Crippen molar-refractivity contribution in [2.75, 3.05) is 13.3 Å². The fraction of sp³-hybridized carbons (Fsp3) is 0.480. The number of carboxylic acid groups (broad SMARTS) is 1. The maximum Gasteiger partial charge on any atom is 0.494 e. The van der Waals surface area contributed by atoms with E-state index in [-0.39, 0.29) is 17.0 Å². The first-order chi connectivity index (χ1) is 16.3. The molecule has 0 radical (unpaired) electrons. The molecule has 1 atom stereocenters. The minimum atomic E-state index is -1.29. The molecule has 3 heterocycles. The van der Waals surface area contributed by atoms with Gasteiger partial charge in [-0.15, -0.1) is 4.59 Å². The van der Waals surface area contributed by atoms with E-state index in [2.05, 4.69) is 24.6 Å². The van der Waals surface area contributed by atoms with Crippen molar-refractivity contribution in [1.82, 2.24) is 9.58 Å². The molecule has 4 rings (SSSR count). The molecule has 0 aliphatic carbocycles. The number of benzene rings is 1. The molecular formula is C25H35BN3O5Si+. The molecule has 186 valence electrons. The van der Waals surface area contributed by atoms with Gasteiger partial charge >= 0.3 is 13.1 Å². The third kappa shape index (κ3) is 4.86. The molecular weight excluding hydrogens is 461 g/mol. The zero-order valence-corrected chi connectivity index (χ0v) is 22.7. The Morgan fingerprint density at radius 2 is 1.71 bits per heavy atom. The molecule has 1 aromatic heterocycles. The van der Waals surface area contributed by atoms with E-state index in [1.54, 1.807) is 12.4 Å². The average molecular weight is 496 g/mol. The van der Waals surface area contributed by atoms with Gasteiger partial charge in [0.25, 0.3) is 0 Å². The third-order valence-corrected chi connectivity index (χ3v) is 8.74. The highest BCUT2D eigenvalue weighted by molar-refractivity contribution is 6.76. The van der Waals surface area contributed by atoms with Crippen molar-refractivity contribution in [3.63, 3.8) is 0 Å². The second-order valence-corrected chi connectivity index (χ2v) is 17.1. The summed E-state index contributed by atoms with van der Waals surface area (Å²) in [5.74, 6) is -1.09. The van der Waals surface area contributed by atoms with Gasteiger partial charge in [0.05, 0.1) is 23.4 Å². The molecule has 8 nitrogen and oxygen atoms in total. The van der Waals surface area contributed by atoms with Gasteiger partial charge < -0.3 is 19.2 Å². The van der Waals surface area contributed by atoms with Crippen LogP contribution in [0.25, 0.3) is 0 Å². The van der Waals surface area contributed by atoms with Crippen LogP contribution in [-0.2, 0) is 18.8 Å². The molecule has 1 saturated heterocycles. The molecule has 0 bridgehead atoms. The number of ether oxygens (including phenoxy) is 1. The van der Waals surface area contributed by atoms with Crippen LogP contribution in [0.4, 0.5) is 11.4 Å². The monoisotopic (exact) mass is 496 g/mol.